The van der Waals surface area contributed by atoms with Crippen LogP contribution in [0.15, 0.2) is 66.6 Å². The molecule has 1 aliphatic heterocycles. The minimum absolute atomic E-state index is 0.214. The predicted molar refractivity (Wildman–Crippen MR) is 132 cm³/mol. The summed E-state index contributed by atoms with van der Waals surface area (Å²) in [6.07, 6.45) is 3.71. The molecule has 0 atom stereocenters. The van der Waals surface area contributed by atoms with E-state index in [1.807, 2.05) is 42.1 Å². The lowest BCUT2D eigenvalue weighted by Gasteiger charge is -2.12. The van der Waals surface area contributed by atoms with Gasteiger partial charge in [-0.1, -0.05) is 18.2 Å². The summed E-state index contributed by atoms with van der Waals surface area (Å²) in [5.41, 5.74) is 3.24. The number of esters is 1. The first-order valence-electron chi connectivity index (χ1n) is 11.0. The maximum absolute atomic E-state index is 13.0. The number of benzene rings is 3. The topological polar surface area (TPSA) is 76.0 Å². The molecule has 0 unspecified atom stereocenters. The van der Waals surface area contributed by atoms with Crippen LogP contribution in [0.4, 0.5) is 0 Å². The van der Waals surface area contributed by atoms with Crippen molar-refractivity contribution >= 4 is 28.7 Å². The van der Waals surface area contributed by atoms with Gasteiger partial charge in [-0.25, -0.2) is 4.79 Å². The zero-order chi connectivity index (χ0) is 24.7. The Balaban J connectivity index is 1.43. The maximum Gasteiger partial charge on any atom is 0.343 e. The quantitative estimate of drug-likeness (QED) is 0.223. The van der Waals surface area contributed by atoms with Crippen molar-refractivity contribution < 1.29 is 28.5 Å². The average Bonchev–Trinajstić information content (AvgIpc) is 3.37. The molecule has 2 heterocycles. The lowest BCUT2D eigenvalue weighted by molar-refractivity contribution is 0.0732. The minimum Gasteiger partial charge on any atom is -0.493 e. The molecule has 7 nitrogen and oxygen atoms in total. The predicted octanol–water partition coefficient (Wildman–Crippen LogP) is 5.34. The van der Waals surface area contributed by atoms with Gasteiger partial charge in [0.1, 0.15) is 11.5 Å². The van der Waals surface area contributed by atoms with E-state index in [0.29, 0.717) is 39.7 Å². The smallest absolute Gasteiger partial charge is 0.343 e. The summed E-state index contributed by atoms with van der Waals surface area (Å²) >= 11 is 0. The number of allylic oxidation sites excluding steroid dienone is 1. The normalized spacial score (nSPS) is 13.6. The van der Waals surface area contributed by atoms with Gasteiger partial charge in [0.25, 0.3) is 0 Å². The van der Waals surface area contributed by atoms with Crippen LogP contribution in [0, 0.1) is 6.92 Å². The molecule has 0 aliphatic carbocycles. The summed E-state index contributed by atoms with van der Waals surface area (Å²) < 4.78 is 24.1. The summed E-state index contributed by atoms with van der Waals surface area (Å²) in [6.45, 7) is 1.75. The second kappa shape index (κ2) is 8.68. The minimum atomic E-state index is -0.565. The van der Waals surface area contributed by atoms with E-state index in [2.05, 4.69) is 0 Å². The fourth-order valence-electron chi connectivity index (χ4n) is 4.23. The summed E-state index contributed by atoms with van der Waals surface area (Å²) in [7, 11) is 4.98. The molecular formula is C28H23NO6. The Morgan fingerprint density at radius 3 is 2.49 bits per heavy atom. The van der Waals surface area contributed by atoms with Gasteiger partial charge in [0.15, 0.2) is 17.3 Å². The van der Waals surface area contributed by atoms with Gasteiger partial charge in [-0.2, -0.15) is 0 Å². The summed E-state index contributed by atoms with van der Waals surface area (Å²) in [5, 5.41) is 1.02. The van der Waals surface area contributed by atoms with Crippen LogP contribution in [0.2, 0.25) is 0 Å². The van der Waals surface area contributed by atoms with E-state index in [1.165, 1.54) is 14.2 Å². The average molecular weight is 469 g/mol. The Bertz CT molecular complexity index is 1530. The van der Waals surface area contributed by atoms with Gasteiger partial charge in [-0.15, -0.1) is 0 Å². The number of fused-ring (bicyclic) bond motifs is 2. The number of rotatable bonds is 5. The molecule has 0 saturated heterocycles. The molecule has 5 rings (SSSR count). The first-order chi connectivity index (χ1) is 16.9. The molecule has 176 valence electrons. The first-order valence-corrected chi connectivity index (χ1v) is 11.0. The van der Waals surface area contributed by atoms with Crippen molar-refractivity contribution in [2.24, 2.45) is 7.05 Å². The van der Waals surface area contributed by atoms with Gasteiger partial charge in [-0.05, 0) is 49.4 Å². The molecule has 7 heteroatoms. The maximum atomic E-state index is 13.0. The highest BCUT2D eigenvalue weighted by atomic mass is 16.5. The van der Waals surface area contributed by atoms with Crippen LogP contribution < -0.4 is 18.9 Å². The number of carbonyl (C=O) groups is 2. The van der Waals surface area contributed by atoms with Gasteiger partial charge in [0.05, 0.1) is 25.3 Å². The van der Waals surface area contributed by atoms with Crippen molar-refractivity contribution in [1.82, 2.24) is 4.57 Å². The van der Waals surface area contributed by atoms with Crippen molar-refractivity contribution in [3.05, 3.63) is 88.8 Å². The highest BCUT2D eigenvalue weighted by Gasteiger charge is 2.31. The number of Topliss-reactive ketones (excluding diaryl/α,β-unsaturated/α-hetero) is 1. The van der Waals surface area contributed by atoms with Crippen molar-refractivity contribution in [3.8, 4) is 23.0 Å². The lowest BCUT2D eigenvalue weighted by atomic mass is 10.1. The summed E-state index contributed by atoms with van der Waals surface area (Å²) in [4.78, 5) is 25.8. The van der Waals surface area contributed by atoms with E-state index < -0.39 is 5.97 Å². The molecule has 1 aromatic heterocycles. The molecule has 0 fully saturated rings. The highest BCUT2D eigenvalue weighted by molar-refractivity contribution is 6.15. The molecular weight excluding hydrogens is 446 g/mol. The summed E-state index contributed by atoms with van der Waals surface area (Å²) in [6, 6.07) is 16.0. The van der Waals surface area contributed by atoms with Gasteiger partial charge in [0, 0.05) is 35.3 Å². The fourth-order valence-corrected chi connectivity index (χ4v) is 4.23. The third kappa shape index (κ3) is 3.81. The van der Waals surface area contributed by atoms with E-state index in [-0.39, 0.29) is 11.5 Å². The van der Waals surface area contributed by atoms with Crippen molar-refractivity contribution in [2.75, 3.05) is 14.2 Å². The van der Waals surface area contributed by atoms with E-state index in [0.717, 1.165) is 16.5 Å². The monoisotopic (exact) mass is 469 g/mol. The molecule has 0 bridgehead atoms. The standard InChI is InChI=1S/C28H23NO6/c1-16-22(35-28(31)17-9-11-23(32-3)24(13-17)33-4)12-10-20-26(30)25(34-27(16)20)14-18-15-29(2)21-8-6-5-7-19(18)21/h5-15H,1-4H3. The number of hydrogen-bond donors (Lipinski definition) is 0. The third-order valence-corrected chi connectivity index (χ3v) is 6.07. The van der Waals surface area contributed by atoms with Gasteiger partial charge in [0.2, 0.25) is 5.78 Å². The van der Waals surface area contributed by atoms with Crippen molar-refractivity contribution in [1.29, 1.82) is 0 Å². The van der Waals surface area contributed by atoms with Crippen LogP contribution in [0.5, 0.6) is 23.0 Å². The number of methoxy groups -OCH3 is 2. The number of aryl methyl sites for hydroxylation is 1. The molecule has 35 heavy (non-hydrogen) atoms. The zero-order valence-electron chi connectivity index (χ0n) is 19.7. The van der Waals surface area contributed by atoms with Crippen molar-refractivity contribution in [3.63, 3.8) is 0 Å². The lowest BCUT2D eigenvalue weighted by Crippen LogP contribution is -2.10. The number of aromatic nitrogens is 1. The van der Waals surface area contributed by atoms with E-state index in [1.54, 1.807) is 43.3 Å². The van der Waals surface area contributed by atoms with Crippen LogP contribution in [-0.2, 0) is 7.05 Å². The molecule has 0 N–H and O–H groups in total. The second-order valence-corrected chi connectivity index (χ2v) is 8.18. The number of ketones is 1. The Hall–Kier alpha value is -4.52. The fraction of sp³-hybridized carbons (Fsp3) is 0.143. The number of para-hydroxylation sites is 1. The largest absolute Gasteiger partial charge is 0.493 e. The number of hydrogen-bond acceptors (Lipinski definition) is 6. The molecule has 0 radical (unpaired) electrons. The molecule has 0 amide bonds. The Labute approximate surface area is 202 Å². The second-order valence-electron chi connectivity index (χ2n) is 8.18. The van der Waals surface area contributed by atoms with Crippen LogP contribution in [-0.4, -0.2) is 30.5 Å². The Kier molecular flexibility index (Phi) is 5.53. The number of carbonyl (C=O) groups excluding carboxylic acids is 2. The Morgan fingerprint density at radius 2 is 1.71 bits per heavy atom. The zero-order valence-corrected chi connectivity index (χ0v) is 19.7. The van der Waals surface area contributed by atoms with Crippen molar-refractivity contribution in [2.45, 2.75) is 6.92 Å². The van der Waals surface area contributed by atoms with E-state index in [4.69, 9.17) is 18.9 Å². The number of ether oxygens (including phenoxy) is 4. The third-order valence-electron chi connectivity index (χ3n) is 6.07. The molecule has 0 saturated carbocycles. The van der Waals surface area contributed by atoms with Crippen LogP contribution in [0.25, 0.3) is 17.0 Å². The van der Waals surface area contributed by atoms with Gasteiger partial charge in [-0.3, -0.25) is 4.79 Å². The molecule has 1 aliphatic rings. The van der Waals surface area contributed by atoms with Gasteiger partial charge >= 0.3 is 5.97 Å². The van der Waals surface area contributed by atoms with E-state index >= 15 is 0 Å². The van der Waals surface area contributed by atoms with Crippen LogP contribution in [0.3, 0.4) is 0 Å². The SMILES string of the molecule is COc1ccc(C(=O)Oc2ccc3c(c2C)OC(=Cc2cn(C)c4ccccc24)C3=O)cc1OC. The molecule has 0 spiro atoms. The summed E-state index contributed by atoms with van der Waals surface area (Å²) in [5.74, 6) is 1.07. The highest BCUT2D eigenvalue weighted by Crippen LogP contribution is 2.40. The Morgan fingerprint density at radius 1 is 0.971 bits per heavy atom. The van der Waals surface area contributed by atoms with Crippen LogP contribution >= 0.6 is 0 Å². The van der Waals surface area contributed by atoms with Crippen LogP contribution in [0.1, 0.15) is 31.8 Å². The number of nitrogens with zero attached hydrogens (tertiary/aromatic N) is 1. The first kappa shape index (κ1) is 22.3. The van der Waals surface area contributed by atoms with Gasteiger partial charge < -0.3 is 23.5 Å². The van der Waals surface area contributed by atoms with E-state index in [9.17, 15) is 9.59 Å². The molecule has 3 aromatic carbocycles. The molecule has 4 aromatic rings.